The first kappa shape index (κ1) is 16.7. The third-order valence-corrected chi connectivity index (χ3v) is 10.7. The number of nitrogens with one attached hydrogen (secondary N) is 1. The maximum atomic E-state index is 11.9. The van der Waals surface area contributed by atoms with Crippen LogP contribution in [0.25, 0.3) is 0 Å². The molecule has 0 bridgehead atoms. The van der Waals surface area contributed by atoms with Gasteiger partial charge in [-0.25, -0.2) is 0 Å². The van der Waals surface area contributed by atoms with Crippen LogP contribution >= 0.6 is 0 Å². The predicted molar refractivity (Wildman–Crippen MR) is 82.7 cm³/mol. The Morgan fingerprint density at radius 2 is 1.37 bits per heavy atom. The molecule has 2 atom stereocenters. The van der Waals surface area contributed by atoms with Gasteiger partial charge in [-0.1, -0.05) is 55.4 Å². The third-order valence-electron chi connectivity index (χ3n) is 4.65. The lowest BCUT2D eigenvalue weighted by atomic mass is 9.91. The molecule has 0 aliphatic carbocycles. The molecule has 0 unspecified atom stereocenters. The van der Waals surface area contributed by atoms with Crippen LogP contribution in [0.2, 0.25) is 16.6 Å². The van der Waals surface area contributed by atoms with Crippen LogP contribution < -0.4 is 5.32 Å². The van der Waals surface area contributed by atoms with E-state index in [9.17, 15) is 4.79 Å². The lowest BCUT2D eigenvalue weighted by Gasteiger charge is -2.49. The first-order chi connectivity index (χ1) is 8.64. The Morgan fingerprint density at radius 3 is 1.63 bits per heavy atom. The van der Waals surface area contributed by atoms with Crippen molar-refractivity contribution in [1.29, 1.82) is 0 Å². The maximum Gasteiger partial charge on any atom is 0.250 e. The topological polar surface area (TPSA) is 38.3 Å². The molecule has 0 aromatic heterocycles. The molecule has 0 saturated carbocycles. The summed E-state index contributed by atoms with van der Waals surface area (Å²) in [6, 6.07) is 0.190. The minimum Gasteiger partial charge on any atom is -0.402 e. The highest BCUT2D eigenvalue weighted by Crippen LogP contribution is 2.44. The lowest BCUT2D eigenvalue weighted by molar-refractivity contribution is -0.143. The first-order valence-electron chi connectivity index (χ1n) is 7.62. The van der Waals surface area contributed by atoms with Crippen LogP contribution in [0.15, 0.2) is 0 Å². The van der Waals surface area contributed by atoms with Gasteiger partial charge in [0.1, 0.15) is 6.10 Å². The summed E-state index contributed by atoms with van der Waals surface area (Å²) in [5.41, 5.74) is 1.57. The zero-order valence-corrected chi connectivity index (χ0v) is 14.8. The molecule has 1 saturated heterocycles. The molecule has 0 radical (unpaired) electrons. The normalized spacial score (nSPS) is 24.3. The lowest BCUT2D eigenvalue weighted by Crippen LogP contribution is -2.69. The molecular formula is C15H31NO2Si. The summed E-state index contributed by atoms with van der Waals surface area (Å²) in [4.78, 5) is 11.9. The van der Waals surface area contributed by atoms with Crippen molar-refractivity contribution in [3.63, 3.8) is 0 Å². The Hall–Kier alpha value is -0.353. The van der Waals surface area contributed by atoms with E-state index in [1.54, 1.807) is 0 Å². The summed E-state index contributed by atoms with van der Waals surface area (Å²) >= 11 is 0. The summed E-state index contributed by atoms with van der Waals surface area (Å²) in [6.45, 7) is 17.8. The van der Waals surface area contributed by atoms with Gasteiger partial charge in [-0.2, -0.15) is 0 Å². The zero-order chi connectivity index (χ0) is 15.0. The highest BCUT2D eigenvalue weighted by molar-refractivity contribution is 6.77. The van der Waals surface area contributed by atoms with E-state index < -0.39 is 8.32 Å². The van der Waals surface area contributed by atoms with Gasteiger partial charge in [0.2, 0.25) is 14.2 Å². The molecule has 19 heavy (non-hydrogen) atoms. The molecule has 112 valence electrons. The number of hydrogen-bond donors (Lipinski definition) is 1. The fourth-order valence-electron chi connectivity index (χ4n) is 3.66. The van der Waals surface area contributed by atoms with Crippen LogP contribution in [-0.2, 0) is 9.22 Å². The van der Waals surface area contributed by atoms with Gasteiger partial charge < -0.3 is 9.74 Å². The van der Waals surface area contributed by atoms with Crippen LogP contribution in [-0.4, -0.2) is 26.4 Å². The maximum absolute atomic E-state index is 11.9. The van der Waals surface area contributed by atoms with E-state index in [1.807, 2.05) is 0 Å². The van der Waals surface area contributed by atoms with E-state index in [-0.39, 0.29) is 18.1 Å². The van der Waals surface area contributed by atoms with E-state index in [2.05, 4.69) is 60.7 Å². The Kier molecular flexibility index (Phi) is 5.24. The summed E-state index contributed by atoms with van der Waals surface area (Å²) in [5, 5.41) is 2.99. The summed E-state index contributed by atoms with van der Waals surface area (Å²) in [6.07, 6.45) is -0.223. The second-order valence-electron chi connectivity index (χ2n) is 7.13. The van der Waals surface area contributed by atoms with Crippen LogP contribution in [0.5, 0.6) is 0 Å². The highest BCUT2D eigenvalue weighted by Gasteiger charge is 2.52. The van der Waals surface area contributed by atoms with Crippen LogP contribution in [0, 0.1) is 5.92 Å². The molecule has 3 nitrogen and oxygen atoms in total. The molecule has 1 aliphatic heterocycles. The number of β-lactam (4-membered cyclic amide) rings is 1. The molecule has 4 heteroatoms. The van der Waals surface area contributed by atoms with Gasteiger partial charge in [-0.15, -0.1) is 0 Å². The number of carbonyl (C=O) groups is 1. The van der Waals surface area contributed by atoms with Gasteiger partial charge in [0.25, 0.3) is 0 Å². The van der Waals surface area contributed by atoms with Crippen molar-refractivity contribution in [3.05, 3.63) is 0 Å². The monoisotopic (exact) mass is 285 g/mol. The van der Waals surface area contributed by atoms with Gasteiger partial charge in [0.05, 0.1) is 6.04 Å². The average Bonchev–Trinajstić information content (AvgIpc) is 2.24. The van der Waals surface area contributed by atoms with Gasteiger partial charge in [-0.05, 0) is 22.5 Å². The van der Waals surface area contributed by atoms with Gasteiger partial charge in [0.15, 0.2) is 0 Å². The fraction of sp³-hybridized carbons (Fsp3) is 0.933. The first-order valence-corrected chi connectivity index (χ1v) is 9.76. The van der Waals surface area contributed by atoms with Crippen LogP contribution in [0.3, 0.4) is 0 Å². The largest absolute Gasteiger partial charge is 0.402 e. The molecule has 0 aromatic carbocycles. The quantitative estimate of drug-likeness (QED) is 0.597. The van der Waals surface area contributed by atoms with E-state index >= 15 is 0 Å². The van der Waals surface area contributed by atoms with E-state index in [4.69, 9.17) is 4.43 Å². The second kappa shape index (κ2) is 5.96. The molecule has 1 N–H and O–H groups in total. The van der Waals surface area contributed by atoms with Crippen LogP contribution in [0.4, 0.5) is 0 Å². The minimum absolute atomic E-state index is 0.0810. The number of amides is 1. The average molecular weight is 286 g/mol. The van der Waals surface area contributed by atoms with Gasteiger partial charge >= 0.3 is 0 Å². The number of hydrogen-bond acceptors (Lipinski definition) is 2. The second-order valence-corrected chi connectivity index (χ2v) is 12.5. The summed E-state index contributed by atoms with van der Waals surface area (Å²) in [7, 11) is -1.95. The Balaban J connectivity index is 2.98. The van der Waals surface area contributed by atoms with Gasteiger partial charge in [0, 0.05) is 0 Å². The van der Waals surface area contributed by atoms with Crippen molar-refractivity contribution in [2.24, 2.45) is 5.92 Å². The molecule has 1 fully saturated rings. The van der Waals surface area contributed by atoms with E-state index in [1.165, 1.54) is 0 Å². The highest BCUT2D eigenvalue weighted by atomic mass is 28.4. The number of rotatable bonds is 6. The third kappa shape index (κ3) is 2.89. The fourth-order valence-corrected chi connectivity index (χ4v) is 9.17. The SMILES string of the molecule is CC(C)[C@H]1NC(=O)[C@H]1O[Si](C(C)C)(C(C)C)C(C)C. The molecule has 1 heterocycles. The standard InChI is InChI=1S/C15H31NO2Si/c1-9(2)13-14(15(17)16-13)18-19(10(3)4,11(5)6)12(7)8/h9-14H,1-8H3,(H,16,17)/t13-,14+/m1/s1. The Labute approximate surface area is 119 Å². The van der Waals surface area contributed by atoms with Crippen molar-refractivity contribution in [1.82, 2.24) is 5.32 Å². The van der Waals surface area contributed by atoms with Crippen LogP contribution in [0.1, 0.15) is 55.4 Å². The predicted octanol–water partition coefficient (Wildman–Crippen LogP) is 3.70. The molecule has 0 aromatic rings. The Morgan fingerprint density at radius 1 is 0.947 bits per heavy atom. The zero-order valence-electron chi connectivity index (χ0n) is 13.8. The molecule has 1 amide bonds. The van der Waals surface area contributed by atoms with Crippen molar-refractivity contribution in [2.75, 3.05) is 0 Å². The summed E-state index contributed by atoms with van der Waals surface area (Å²) in [5.74, 6) is 0.512. The smallest absolute Gasteiger partial charge is 0.250 e. The molecule has 1 aliphatic rings. The van der Waals surface area contributed by atoms with Gasteiger partial charge in [-0.3, -0.25) is 4.79 Å². The number of carbonyl (C=O) groups excluding carboxylic acids is 1. The molecule has 1 rings (SSSR count). The van der Waals surface area contributed by atoms with E-state index in [0.717, 1.165) is 0 Å². The summed E-state index contributed by atoms with van der Waals surface area (Å²) < 4.78 is 6.57. The Bertz CT molecular complexity index is 304. The van der Waals surface area contributed by atoms with Crippen molar-refractivity contribution in [3.8, 4) is 0 Å². The minimum atomic E-state index is -1.95. The van der Waals surface area contributed by atoms with Crippen molar-refractivity contribution < 1.29 is 9.22 Å². The van der Waals surface area contributed by atoms with Crippen molar-refractivity contribution >= 4 is 14.2 Å². The molecular weight excluding hydrogens is 254 g/mol. The van der Waals surface area contributed by atoms with E-state index in [0.29, 0.717) is 22.5 Å². The van der Waals surface area contributed by atoms with Crippen molar-refractivity contribution in [2.45, 2.75) is 84.2 Å². The molecule has 0 spiro atoms.